The maximum Gasteiger partial charge on any atom is 0.416 e. The van der Waals surface area contributed by atoms with E-state index in [1.165, 1.54) is 30.1 Å². The summed E-state index contributed by atoms with van der Waals surface area (Å²) in [4.78, 5) is 27.5. The summed E-state index contributed by atoms with van der Waals surface area (Å²) in [5, 5.41) is 2.66. The molecule has 1 aliphatic heterocycles. The smallest absolute Gasteiger partial charge is 0.354 e. The summed E-state index contributed by atoms with van der Waals surface area (Å²) in [6.45, 7) is 1.04. The molecule has 0 saturated carbocycles. The van der Waals surface area contributed by atoms with Gasteiger partial charge in [-0.1, -0.05) is 6.07 Å². The number of hydrogen-bond acceptors (Lipinski definition) is 2. The van der Waals surface area contributed by atoms with Crippen molar-refractivity contribution in [1.82, 2.24) is 15.1 Å². The number of urea groups is 1. The number of hydrogen-bond donors (Lipinski definition) is 1. The quantitative estimate of drug-likeness (QED) is 0.577. The van der Waals surface area contributed by atoms with Gasteiger partial charge in [0.05, 0.1) is 17.2 Å². The number of nitrogens with zero attached hydrogens (tertiary/aromatic N) is 2. The molecule has 1 fully saturated rings. The van der Waals surface area contributed by atoms with Gasteiger partial charge in [0.15, 0.2) is 0 Å². The average molecular weight is 505 g/mol. The van der Waals surface area contributed by atoms with Gasteiger partial charge >= 0.3 is 18.4 Å². The van der Waals surface area contributed by atoms with E-state index in [0.717, 1.165) is 4.90 Å². The van der Waals surface area contributed by atoms with Crippen LogP contribution in [0.4, 0.5) is 35.5 Å². The average Bonchev–Trinajstić information content (AvgIpc) is 2.93. The topological polar surface area (TPSA) is 52.7 Å². The van der Waals surface area contributed by atoms with Gasteiger partial charge in [-0.2, -0.15) is 26.3 Å². The highest BCUT2D eigenvalue weighted by Gasteiger charge is 2.37. The Morgan fingerprint density at radius 3 is 2.20 bits per heavy atom. The molecule has 1 N–H and O–H groups in total. The van der Waals surface area contributed by atoms with E-state index in [2.05, 4.69) is 5.32 Å². The highest BCUT2D eigenvalue weighted by molar-refractivity contribution is 5.80. The van der Waals surface area contributed by atoms with E-state index in [0.29, 0.717) is 23.3 Å². The van der Waals surface area contributed by atoms with Crippen LogP contribution in [-0.4, -0.2) is 41.9 Å². The van der Waals surface area contributed by atoms with Crippen molar-refractivity contribution in [2.45, 2.75) is 38.3 Å². The van der Waals surface area contributed by atoms with Crippen molar-refractivity contribution in [3.63, 3.8) is 0 Å². The van der Waals surface area contributed by atoms with E-state index in [4.69, 9.17) is 0 Å². The first-order valence-corrected chi connectivity index (χ1v) is 10.5. The second-order valence-electron chi connectivity index (χ2n) is 8.32. The molecule has 1 saturated heterocycles. The monoisotopic (exact) mass is 505 g/mol. The van der Waals surface area contributed by atoms with E-state index >= 15 is 0 Å². The molecule has 1 heterocycles. The van der Waals surface area contributed by atoms with Gasteiger partial charge in [-0.05, 0) is 53.9 Å². The Hall–Kier alpha value is -3.31. The summed E-state index contributed by atoms with van der Waals surface area (Å²) in [6, 6.07) is 3.64. The van der Waals surface area contributed by atoms with Crippen molar-refractivity contribution in [3.8, 4) is 0 Å². The van der Waals surface area contributed by atoms with Gasteiger partial charge in [0.2, 0.25) is 5.91 Å². The Kier molecular flexibility index (Phi) is 7.32. The molecule has 2 aromatic carbocycles. The zero-order valence-electron chi connectivity index (χ0n) is 18.7. The van der Waals surface area contributed by atoms with Crippen molar-refractivity contribution in [2.24, 2.45) is 0 Å². The molecule has 12 heteroatoms. The number of alkyl halides is 6. The van der Waals surface area contributed by atoms with Crippen LogP contribution in [0.1, 0.15) is 40.3 Å². The Balaban J connectivity index is 1.92. The number of rotatable bonds is 3. The molecule has 0 radical (unpaired) electrons. The summed E-state index contributed by atoms with van der Waals surface area (Å²) in [7, 11) is 1.24. The number of aryl methyl sites for hydroxylation is 1. The molecule has 5 nitrogen and oxygen atoms in total. The Labute approximate surface area is 196 Å². The summed E-state index contributed by atoms with van der Waals surface area (Å²) >= 11 is 0. The van der Waals surface area contributed by atoms with Crippen LogP contribution in [0.25, 0.3) is 0 Å². The SMILES string of the molecule is Cc1cc(F)ccc1[C@H]1CNC(=O)CCN1C(=O)N(C)Cc1cc(C(F)(F)F)cc(C(F)(F)F)c1. The van der Waals surface area contributed by atoms with Gasteiger partial charge in [0.1, 0.15) is 5.82 Å². The third-order valence-corrected chi connectivity index (χ3v) is 5.68. The number of carbonyl (C=O) groups is 2. The number of benzene rings is 2. The van der Waals surface area contributed by atoms with Crippen molar-refractivity contribution in [2.75, 3.05) is 20.1 Å². The highest BCUT2D eigenvalue weighted by Crippen LogP contribution is 2.36. The lowest BCUT2D eigenvalue weighted by Gasteiger charge is -2.34. The maximum atomic E-state index is 13.6. The number of carbonyl (C=O) groups excluding carboxylic acids is 2. The van der Waals surface area contributed by atoms with Crippen LogP contribution in [-0.2, 0) is 23.7 Å². The lowest BCUT2D eigenvalue weighted by atomic mass is 9.99. The number of halogens is 7. The molecule has 1 aliphatic rings. The molecule has 1 atom stereocenters. The second kappa shape index (κ2) is 9.74. The molecule has 3 amide bonds. The van der Waals surface area contributed by atoms with Gasteiger partial charge in [-0.15, -0.1) is 0 Å². The molecule has 190 valence electrons. The van der Waals surface area contributed by atoms with E-state index < -0.39 is 47.9 Å². The first-order chi connectivity index (χ1) is 16.2. The van der Waals surface area contributed by atoms with Crippen LogP contribution in [0, 0.1) is 12.7 Å². The van der Waals surface area contributed by atoms with Crippen LogP contribution < -0.4 is 5.32 Å². The van der Waals surface area contributed by atoms with E-state index in [1.54, 1.807) is 6.92 Å². The Morgan fingerprint density at radius 1 is 1.06 bits per heavy atom. The summed E-state index contributed by atoms with van der Waals surface area (Å²) in [5.74, 6) is -0.829. The molecule has 0 aromatic heterocycles. The predicted octanol–water partition coefficient (Wildman–Crippen LogP) is 5.29. The summed E-state index contributed by atoms with van der Waals surface area (Å²) in [5.41, 5.74) is -2.25. The minimum atomic E-state index is -5.01. The largest absolute Gasteiger partial charge is 0.416 e. The van der Waals surface area contributed by atoms with Gasteiger partial charge in [0, 0.05) is 33.1 Å². The minimum Gasteiger partial charge on any atom is -0.354 e. The van der Waals surface area contributed by atoms with Crippen LogP contribution in [0.15, 0.2) is 36.4 Å². The van der Waals surface area contributed by atoms with Crippen LogP contribution >= 0.6 is 0 Å². The van der Waals surface area contributed by atoms with Gasteiger partial charge in [-0.25, -0.2) is 9.18 Å². The second-order valence-corrected chi connectivity index (χ2v) is 8.32. The molecule has 0 aliphatic carbocycles. The fraction of sp³-hybridized carbons (Fsp3) is 0.391. The molecular weight excluding hydrogens is 483 g/mol. The third kappa shape index (κ3) is 6.23. The minimum absolute atomic E-state index is 0.00661. The predicted molar refractivity (Wildman–Crippen MR) is 112 cm³/mol. The highest BCUT2D eigenvalue weighted by atomic mass is 19.4. The number of amides is 3. The Bertz CT molecular complexity index is 1080. The maximum absolute atomic E-state index is 13.6. The molecule has 3 rings (SSSR count). The standard InChI is InChI=1S/C23H22F7N3O2/c1-13-7-17(24)3-4-18(13)19-11-31-20(34)5-6-33(19)21(35)32(2)12-14-8-15(22(25,26)27)10-16(9-14)23(28,29)30/h3-4,7-10,19H,5-6,11-12H2,1-2H3,(H,31,34)/t19-/m1/s1. The first kappa shape index (κ1) is 26.3. The van der Waals surface area contributed by atoms with Crippen LogP contribution in [0.3, 0.4) is 0 Å². The normalized spacial score (nSPS) is 17.1. The van der Waals surface area contributed by atoms with Crippen molar-refractivity contribution >= 4 is 11.9 Å². The molecular formula is C23H22F7N3O2. The zero-order valence-corrected chi connectivity index (χ0v) is 18.7. The van der Waals surface area contributed by atoms with Crippen molar-refractivity contribution in [1.29, 1.82) is 0 Å². The van der Waals surface area contributed by atoms with E-state index in [9.17, 15) is 40.3 Å². The number of nitrogens with one attached hydrogen (secondary N) is 1. The Morgan fingerprint density at radius 2 is 1.66 bits per heavy atom. The van der Waals surface area contributed by atoms with Crippen molar-refractivity contribution in [3.05, 3.63) is 70.0 Å². The van der Waals surface area contributed by atoms with E-state index in [1.807, 2.05) is 0 Å². The van der Waals surface area contributed by atoms with Crippen LogP contribution in [0.2, 0.25) is 0 Å². The van der Waals surface area contributed by atoms with Crippen LogP contribution in [0.5, 0.6) is 0 Å². The van der Waals surface area contributed by atoms with Crippen molar-refractivity contribution < 1.29 is 40.3 Å². The molecule has 35 heavy (non-hydrogen) atoms. The van der Waals surface area contributed by atoms with Gasteiger partial charge in [-0.3, -0.25) is 4.79 Å². The van der Waals surface area contributed by atoms with E-state index in [-0.39, 0.29) is 37.0 Å². The molecule has 0 spiro atoms. The third-order valence-electron chi connectivity index (χ3n) is 5.68. The van der Waals surface area contributed by atoms with Gasteiger partial charge in [0.25, 0.3) is 0 Å². The fourth-order valence-electron chi connectivity index (χ4n) is 3.98. The lowest BCUT2D eigenvalue weighted by Crippen LogP contribution is -2.44. The first-order valence-electron chi connectivity index (χ1n) is 10.5. The summed E-state index contributed by atoms with van der Waals surface area (Å²) in [6.07, 6.45) is -10.1. The molecule has 0 bridgehead atoms. The summed E-state index contributed by atoms with van der Waals surface area (Å²) < 4.78 is 92.7. The molecule has 2 aromatic rings. The van der Waals surface area contributed by atoms with Gasteiger partial charge < -0.3 is 15.1 Å². The molecule has 0 unspecified atom stereocenters. The lowest BCUT2D eigenvalue weighted by molar-refractivity contribution is -0.143. The fourth-order valence-corrected chi connectivity index (χ4v) is 3.98. The zero-order chi connectivity index (χ0) is 26.1.